The third kappa shape index (κ3) is 5.25. The number of phenolic OH excluding ortho intramolecular Hbond substituents is 1. The standard InChI is InChI=1S/C32H22F2N4O4/c33-21-6-1-17(2-7-21)29-30(18-3-8-22(34)9-4-18)37-27-13-19(5-11-26(27)36-29)31(40)38-28(32(41)42)14-20-16-35-25-12-10-23(39)15-24(20)25/h1-13,15-16,28,35,39H,14H2,(H,38,40)(H,41,42)/t28-/m0/s1. The highest BCUT2D eigenvalue weighted by molar-refractivity contribution is 6.00. The number of aromatic hydroxyl groups is 1. The monoisotopic (exact) mass is 564 g/mol. The minimum Gasteiger partial charge on any atom is -0.508 e. The highest BCUT2D eigenvalue weighted by atomic mass is 19.1. The van der Waals surface area contributed by atoms with E-state index >= 15 is 0 Å². The van der Waals surface area contributed by atoms with Gasteiger partial charge in [-0.05, 0) is 90.5 Å². The number of amides is 1. The van der Waals surface area contributed by atoms with Gasteiger partial charge >= 0.3 is 5.97 Å². The van der Waals surface area contributed by atoms with Gasteiger partial charge in [0.2, 0.25) is 0 Å². The van der Waals surface area contributed by atoms with E-state index in [1.165, 1.54) is 48.5 Å². The number of nitrogens with one attached hydrogen (secondary N) is 2. The van der Waals surface area contributed by atoms with Crippen molar-refractivity contribution in [2.45, 2.75) is 12.5 Å². The van der Waals surface area contributed by atoms with Crippen LogP contribution in [-0.2, 0) is 11.2 Å². The minimum atomic E-state index is -1.25. The fourth-order valence-electron chi connectivity index (χ4n) is 4.81. The average Bonchev–Trinajstić information content (AvgIpc) is 3.38. The molecule has 0 bridgehead atoms. The van der Waals surface area contributed by atoms with E-state index in [-0.39, 0.29) is 17.7 Å². The SMILES string of the molecule is O=C(N[C@@H](Cc1c[nH]c2ccc(O)cc12)C(=O)O)c1ccc2nc(-c3ccc(F)cc3)c(-c3ccc(F)cc3)nc2c1. The van der Waals surface area contributed by atoms with Crippen LogP contribution in [0, 0.1) is 11.6 Å². The molecule has 0 spiro atoms. The lowest BCUT2D eigenvalue weighted by atomic mass is 10.0. The van der Waals surface area contributed by atoms with E-state index < -0.39 is 29.6 Å². The number of phenols is 1. The molecule has 0 radical (unpaired) electrons. The van der Waals surface area contributed by atoms with Crippen molar-refractivity contribution in [2.75, 3.05) is 0 Å². The molecule has 2 aromatic heterocycles. The summed E-state index contributed by atoms with van der Waals surface area (Å²) in [6.45, 7) is 0. The number of H-pyrrole nitrogens is 1. The minimum absolute atomic E-state index is 0.0202. The van der Waals surface area contributed by atoms with Crippen molar-refractivity contribution >= 4 is 33.8 Å². The van der Waals surface area contributed by atoms with E-state index in [4.69, 9.17) is 9.97 Å². The van der Waals surface area contributed by atoms with Gasteiger partial charge in [-0.1, -0.05) is 0 Å². The van der Waals surface area contributed by atoms with Gasteiger partial charge in [-0.2, -0.15) is 0 Å². The van der Waals surface area contributed by atoms with Crippen LogP contribution in [-0.4, -0.2) is 43.1 Å². The summed E-state index contributed by atoms with van der Waals surface area (Å²) in [6.07, 6.45) is 1.63. The molecule has 0 saturated heterocycles. The Morgan fingerprint density at radius 2 is 1.43 bits per heavy atom. The molecule has 208 valence electrons. The van der Waals surface area contributed by atoms with Crippen LogP contribution < -0.4 is 5.32 Å². The van der Waals surface area contributed by atoms with Crippen molar-refractivity contribution < 1.29 is 28.6 Å². The number of hydrogen-bond acceptors (Lipinski definition) is 5. The molecule has 0 saturated carbocycles. The number of carboxylic acids is 1. The average molecular weight is 565 g/mol. The maximum Gasteiger partial charge on any atom is 0.326 e. The van der Waals surface area contributed by atoms with Crippen molar-refractivity contribution in [1.29, 1.82) is 0 Å². The predicted octanol–water partition coefficient (Wildman–Crippen LogP) is 5.85. The summed E-state index contributed by atoms with van der Waals surface area (Å²) in [5.41, 5.74) is 4.33. The number of rotatable bonds is 7. The van der Waals surface area contributed by atoms with Crippen LogP contribution >= 0.6 is 0 Å². The molecule has 10 heteroatoms. The molecule has 8 nitrogen and oxygen atoms in total. The number of aromatic amines is 1. The van der Waals surface area contributed by atoms with Gasteiger partial charge in [0.25, 0.3) is 5.91 Å². The molecular weight excluding hydrogens is 542 g/mol. The number of fused-ring (bicyclic) bond motifs is 2. The number of carbonyl (C=O) groups excluding carboxylic acids is 1. The van der Waals surface area contributed by atoms with Crippen molar-refractivity contribution in [1.82, 2.24) is 20.3 Å². The van der Waals surface area contributed by atoms with E-state index in [0.29, 0.717) is 44.5 Å². The number of hydrogen-bond donors (Lipinski definition) is 4. The Morgan fingerprint density at radius 3 is 2.05 bits per heavy atom. The molecule has 2 heterocycles. The lowest BCUT2D eigenvalue weighted by Crippen LogP contribution is -2.42. The summed E-state index contributed by atoms with van der Waals surface area (Å²) in [5.74, 6) is -2.64. The molecule has 6 rings (SSSR count). The van der Waals surface area contributed by atoms with Crippen molar-refractivity contribution in [3.05, 3.63) is 114 Å². The first kappa shape index (κ1) is 26.6. The zero-order chi connectivity index (χ0) is 29.4. The van der Waals surface area contributed by atoms with Crippen LogP contribution in [0.25, 0.3) is 44.5 Å². The van der Waals surface area contributed by atoms with Gasteiger partial charge in [0.1, 0.15) is 23.4 Å². The van der Waals surface area contributed by atoms with E-state index in [0.717, 1.165) is 5.52 Å². The Balaban J connectivity index is 1.34. The summed E-state index contributed by atoms with van der Waals surface area (Å²) in [7, 11) is 0. The smallest absolute Gasteiger partial charge is 0.326 e. The maximum atomic E-state index is 13.7. The van der Waals surface area contributed by atoms with Crippen LogP contribution in [0.1, 0.15) is 15.9 Å². The molecule has 0 unspecified atom stereocenters. The summed E-state index contributed by atoms with van der Waals surface area (Å²) < 4.78 is 27.3. The predicted molar refractivity (Wildman–Crippen MR) is 153 cm³/mol. The van der Waals surface area contributed by atoms with Crippen LogP contribution in [0.15, 0.2) is 91.1 Å². The number of carboxylic acid groups (broad SMARTS) is 1. The number of aromatic nitrogens is 3. The molecule has 4 aromatic carbocycles. The summed E-state index contributed by atoms with van der Waals surface area (Å²) in [4.78, 5) is 37.8. The first-order chi connectivity index (χ1) is 20.2. The molecular formula is C32H22F2N4O4. The van der Waals surface area contributed by atoms with Crippen molar-refractivity contribution in [3.8, 4) is 28.3 Å². The van der Waals surface area contributed by atoms with E-state index in [1.807, 2.05) is 0 Å². The Labute approximate surface area is 237 Å². The number of aliphatic carboxylic acids is 1. The number of halogens is 2. The molecule has 0 fully saturated rings. The van der Waals surface area contributed by atoms with Crippen LogP contribution in [0.2, 0.25) is 0 Å². The molecule has 42 heavy (non-hydrogen) atoms. The Morgan fingerprint density at radius 1 is 0.810 bits per heavy atom. The second-order valence-corrected chi connectivity index (χ2v) is 9.75. The zero-order valence-corrected chi connectivity index (χ0v) is 21.8. The van der Waals surface area contributed by atoms with Gasteiger partial charge < -0.3 is 20.5 Å². The first-order valence-corrected chi connectivity index (χ1v) is 12.9. The lowest BCUT2D eigenvalue weighted by molar-refractivity contribution is -0.139. The summed E-state index contributed by atoms with van der Waals surface area (Å²) >= 11 is 0. The van der Waals surface area contributed by atoms with E-state index in [2.05, 4.69) is 10.3 Å². The molecule has 4 N–H and O–H groups in total. The molecule has 0 aliphatic rings. The van der Waals surface area contributed by atoms with Gasteiger partial charge in [-0.15, -0.1) is 0 Å². The number of carbonyl (C=O) groups is 2. The summed E-state index contributed by atoms with van der Waals surface area (Å²) in [5, 5.41) is 22.9. The van der Waals surface area contributed by atoms with E-state index in [1.54, 1.807) is 42.6 Å². The van der Waals surface area contributed by atoms with Crippen molar-refractivity contribution in [3.63, 3.8) is 0 Å². The Hall–Kier alpha value is -5.64. The highest BCUT2D eigenvalue weighted by Gasteiger charge is 2.23. The third-order valence-electron chi connectivity index (χ3n) is 6.94. The van der Waals surface area contributed by atoms with Crippen molar-refractivity contribution in [2.24, 2.45) is 0 Å². The third-order valence-corrected chi connectivity index (χ3v) is 6.94. The molecule has 0 aliphatic heterocycles. The van der Waals surface area contributed by atoms with Gasteiger partial charge in [0.15, 0.2) is 0 Å². The quantitative estimate of drug-likeness (QED) is 0.193. The first-order valence-electron chi connectivity index (χ1n) is 12.9. The highest BCUT2D eigenvalue weighted by Crippen LogP contribution is 2.32. The van der Waals surface area contributed by atoms with Crippen LogP contribution in [0.3, 0.4) is 0 Å². The number of benzene rings is 4. The van der Waals surface area contributed by atoms with Gasteiger partial charge in [0, 0.05) is 40.2 Å². The second kappa shape index (κ2) is 10.7. The lowest BCUT2D eigenvalue weighted by Gasteiger charge is -2.15. The molecule has 6 aromatic rings. The van der Waals surface area contributed by atoms with Gasteiger partial charge in [-0.25, -0.2) is 23.5 Å². The fourth-order valence-corrected chi connectivity index (χ4v) is 4.81. The summed E-state index contributed by atoms with van der Waals surface area (Å²) in [6, 6.07) is 19.5. The second-order valence-electron chi connectivity index (χ2n) is 9.75. The topological polar surface area (TPSA) is 128 Å². The fraction of sp³-hybridized carbons (Fsp3) is 0.0625. The molecule has 0 aliphatic carbocycles. The normalized spacial score (nSPS) is 12.0. The van der Waals surface area contributed by atoms with E-state index in [9.17, 15) is 28.6 Å². The zero-order valence-electron chi connectivity index (χ0n) is 21.8. The largest absolute Gasteiger partial charge is 0.508 e. The molecule has 1 amide bonds. The molecule has 1 atom stereocenters. The van der Waals surface area contributed by atoms with Gasteiger partial charge in [-0.3, -0.25) is 4.79 Å². The number of nitrogens with zero attached hydrogens (tertiary/aromatic N) is 2. The maximum absolute atomic E-state index is 13.7. The Kier molecular flexibility index (Phi) is 6.79. The van der Waals surface area contributed by atoms with Gasteiger partial charge in [0.05, 0.1) is 22.4 Å². The Bertz CT molecular complexity index is 1970. The van der Waals surface area contributed by atoms with Crippen LogP contribution in [0.4, 0.5) is 8.78 Å². The van der Waals surface area contributed by atoms with Crippen LogP contribution in [0.5, 0.6) is 5.75 Å².